The van der Waals surface area contributed by atoms with Crippen LogP contribution in [-0.4, -0.2) is 47.5 Å². The Bertz CT molecular complexity index is 984. The molecular weight excluding hydrogens is 465 g/mol. The average molecular weight is 487 g/mol. The zero-order chi connectivity index (χ0) is 22.4. The van der Waals surface area contributed by atoms with Gasteiger partial charge in [0.05, 0.1) is 18.3 Å². The van der Waals surface area contributed by atoms with Crippen LogP contribution in [0.4, 0.5) is 0 Å². The van der Waals surface area contributed by atoms with E-state index in [0.717, 1.165) is 18.4 Å². The summed E-state index contributed by atoms with van der Waals surface area (Å²) in [6.45, 7) is 2.88. The molecule has 1 fully saturated rings. The highest BCUT2D eigenvalue weighted by molar-refractivity contribution is 6.35. The van der Waals surface area contributed by atoms with Crippen molar-refractivity contribution in [1.82, 2.24) is 15.1 Å². The predicted molar refractivity (Wildman–Crippen MR) is 120 cm³/mol. The highest BCUT2D eigenvalue weighted by Gasteiger charge is 2.17. The van der Waals surface area contributed by atoms with Crippen LogP contribution < -0.4 is 5.32 Å². The van der Waals surface area contributed by atoms with Gasteiger partial charge in [-0.05, 0) is 43.5 Å². The summed E-state index contributed by atoms with van der Waals surface area (Å²) in [5.41, 5.74) is 2.01. The zero-order valence-electron chi connectivity index (χ0n) is 16.9. The lowest BCUT2D eigenvalue weighted by Crippen LogP contribution is -2.34. The number of rotatable bonds is 8. The summed E-state index contributed by atoms with van der Waals surface area (Å²) in [4.78, 5) is 23.8. The van der Waals surface area contributed by atoms with Gasteiger partial charge in [0.2, 0.25) is 0 Å². The number of aromatic nitrogens is 2. The third kappa shape index (κ3) is 6.71. The van der Waals surface area contributed by atoms with Gasteiger partial charge in [-0.1, -0.05) is 40.9 Å². The second-order valence-corrected chi connectivity index (χ2v) is 8.27. The molecule has 1 aliphatic heterocycles. The van der Waals surface area contributed by atoms with Crippen LogP contribution in [0, 0.1) is 6.92 Å². The summed E-state index contributed by atoms with van der Waals surface area (Å²) in [5.74, 6) is -1.03. The lowest BCUT2D eigenvalue weighted by molar-refractivity contribution is -0.143. The lowest BCUT2D eigenvalue weighted by Gasteiger charge is -2.10. The quantitative estimate of drug-likeness (QED) is 0.450. The van der Waals surface area contributed by atoms with Crippen molar-refractivity contribution in [3.8, 4) is 0 Å². The van der Waals surface area contributed by atoms with Crippen LogP contribution in [0.5, 0.6) is 0 Å². The molecule has 1 atom stereocenters. The Morgan fingerprint density at radius 1 is 1.35 bits per heavy atom. The van der Waals surface area contributed by atoms with Crippen LogP contribution in [0.25, 0.3) is 6.08 Å². The number of carbonyl (C=O) groups is 2. The van der Waals surface area contributed by atoms with Crippen LogP contribution in [-0.2, 0) is 25.6 Å². The molecule has 166 valence electrons. The maximum Gasteiger partial charge on any atom is 0.331 e. The second kappa shape index (κ2) is 11.0. The smallest absolute Gasteiger partial charge is 0.331 e. The number of aryl methyl sites for hydroxylation is 1. The molecule has 0 radical (unpaired) electrons. The van der Waals surface area contributed by atoms with E-state index in [1.807, 2.05) is 0 Å². The highest BCUT2D eigenvalue weighted by atomic mass is 35.5. The molecule has 0 saturated carbocycles. The van der Waals surface area contributed by atoms with Crippen molar-refractivity contribution in [2.45, 2.75) is 32.4 Å². The molecule has 1 aromatic heterocycles. The fraction of sp³-hybridized carbons (Fsp3) is 0.381. The molecule has 1 N–H and O–H groups in total. The van der Waals surface area contributed by atoms with Gasteiger partial charge in [-0.2, -0.15) is 5.10 Å². The van der Waals surface area contributed by atoms with E-state index in [1.54, 1.807) is 29.8 Å². The molecule has 7 nitrogen and oxygen atoms in total. The lowest BCUT2D eigenvalue weighted by atomic mass is 10.2. The summed E-state index contributed by atoms with van der Waals surface area (Å²) in [5, 5.41) is 8.48. The Morgan fingerprint density at radius 3 is 2.87 bits per heavy atom. The predicted octanol–water partition coefficient (Wildman–Crippen LogP) is 4.05. The minimum Gasteiger partial charge on any atom is -0.452 e. The molecule has 1 amide bonds. The van der Waals surface area contributed by atoms with Crippen molar-refractivity contribution in [2.75, 3.05) is 19.8 Å². The summed E-state index contributed by atoms with van der Waals surface area (Å²) >= 11 is 18.6. The topological polar surface area (TPSA) is 82.5 Å². The molecule has 2 aromatic rings. The number of esters is 1. The number of benzene rings is 1. The van der Waals surface area contributed by atoms with Gasteiger partial charge < -0.3 is 14.8 Å². The molecule has 0 bridgehead atoms. The zero-order valence-corrected chi connectivity index (χ0v) is 19.1. The molecule has 0 spiro atoms. The molecule has 10 heteroatoms. The van der Waals surface area contributed by atoms with Gasteiger partial charge in [-0.3, -0.25) is 4.79 Å². The standard InChI is InChI=1S/C21H22Cl3N3O4/c1-13-17(21(24)27(26-13)11-14-4-5-15(22)9-18(14)23)6-7-20(29)31-12-19(28)25-10-16-3-2-8-30-16/h4-7,9,16H,2-3,8,10-12H2,1H3,(H,25,28)/b7-6+. The molecule has 31 heavy (non-hydrogen) atoms. The normalized spacial score (nSPS) is 16.1. The van der Waals surface area contributed by atoms with Crippen molar-refractivity contribution in [3.63, 3.8) is 0 Å². The van der Waals surface area contributed by atoms with Crippen molar-refractivity contribution in [3.05, 3.63) is 56.3 Å². The van der Waals surface area contributed by atoms with Crippen molar-refractivity contribution >= 4 is 52.8 Å². The third-order valence-electron chi connectivity index (χ3n) is 4.73. The van der Waals surface area contributed by atoms with Gasteiger partial charge in [0.25, 0.3) is 5.91 Å². The molecule has 1 saturated heterocycles. The molecule has 2 heterocycles. The number of hydrogen-bond donors (Lipinski definition) is 1. The van der Waals surface area contributed by atoms with E-state index < -0.39 is 5.97 Å². The molecule has 3 rings (SSSR count). The van der Waals surface area contributed by atoms with Gasteiger partial charge in [0, 0.05) is 34.8 Å². The SMILES string of the molecule is Cc1nn(Cc2ccc(Cl)cc2Cl)c(Cl)c1/C=C/C(=O)OCC(=O)NCC1CCCO1. The van der Waals surface area contributed by atoms with Gasteiger partial charge in [-0.25, -0.2) is 9.48 Å². The Morgan fingerprint density at radius 2 is 2.16 bits per heavy atom. The van der Waals surface area contributed by atoms with E-state index in [-0.39, 0.29) is 18.6 Å². The van der Waals surface area contributed by atoms with E-state index in [9.17, 15) is 9.59 Å². The maximum absolute atomic E-state index is 12.0. The summed E-state index contributed by atoms with van der Waals surface area (Å²) in [7, 11) is 0. The van der Waals surface area contributed by atoms with E-state index in [2.05, 4.69) is 10.4 Å². The van der Waals surface area contributed by atoms with Gasteiger partial charge in [0.1, 0.15) is 5.15 Å². The molecule has 1 unspecified atom stereocenters. The number of carbonyl (C=O) groups excluding carboxylic acids is 2. The number of hydrogen-bond acceptors (Lipinski definition) is 5. The van der Waals surface area contributed by atoms with Crippen LogP contribution in [0.15, 0.2) is 24.3 Å². The Hall–Kier alpha value is -2.06. The highest BCUT2D eigenvalue weighted by Crippen LogP contribution is 2.26. The van der Waals surface area contributed by atoms with Crippen LogP contribution >= 0.6 is 34.8 Å². The van der Waals surface area contributed by atoms with Crippen LogP contribution in [0.3, 0.4) is 0 Å². The first-order valence-electron chi connectivity index (χ1n) is 9.73. The minimum atomic E-state index is -0.656. The van der Waals surface area contributed by atoms with Crippen molar-refractivity contribution in [1.29, 1.82) is 0 Å². The second-order valence-electron chi connectivity index (χ2n) is 7.06. The van der Waals surface area contributed by atoms with Gasteiger partial charge >= 0.3 is 5.97 Å². The van der Waals surface area contributed by atoms with Gasteiger partial charge in [0.15, 0.2) is 6.61 Å². The first-order chi connectivity index (χ1) is 14.8. The average Bonchev–Trinajstić information content (AvgIpc) is 3.34. The summed E-state index contributed by atoms with van der Waals surface area (Å²) < 4.78 is 12.0. The van der Waals surface area contributed by atoms with E-state index in [1.165, 1.54) is 12.2 Å². The fourth-order valence-corrected chi connectivity index (χ4v) is 3.86. The summed E-state index contributed by atoms with van der Waals surface area (Å²) in [6.07, 6.45) is 4.66. The first kappa shape index (κ1) is 23.6. The number of ether oxygens (including phenoxy) is 2. The van der Waals surface area contributed by atoms with E-state index >= 15 is 0 Å². The number of nitrogens with zero attached hydrogens (tertiary/aromatic N) is 2. The first-order valence-corrected chi connectivity index (χ1v) is 10.9. The molecule has 1 aliphatic rings. The summed E-state index contributed by atoms with van der Waals surface area (Å²) in [6, 6.07) is 5.19. The molecule has 0 aliphatic carbocycles. The molecule has 1 aromatic carbocycles. The van der Waals surface area contributed by atoms with Crippen molar-refractivity contribution < 1.29 is 19.1 Å². The molecular formula is C21H22Cl3N3O4. The van der Waals surface area contributed by atoms with Crippen molar-refractivity contribution in [2.24, 2.45) is 0 Å². The monoisotopic (exact) mass is 485 g/mol. The number of nitrogens with one attached hydrogen (secondary N) is 1. The Balaban J connectivity index is 1.53. The van der Waals surface area contributed by atoms with Gasteiger partial charge in [-0.15, -0.1) is 0 Å². The van der Waals surface area contributed by atoms with Crippen LogP contribution in [0.2, 0.25) is 15.2 Å². The third-order valence-corrected chi connectivity index (χ3v) is 5.71. The maximum atomic E-state index is 12.0. The van der Waals surface area contributed by atoms with E-state index in [4.69, 9.17) is 44.3 Å². The number of amides is 1. The van der Waals surface area contributed by atoms with Crippen LogP contribution in [0.1, 0.15) is 29.7 Å². The van der Waals surface area contributed by atoms with E-state index in [0.29, 0.717) is 46.2 Å². The Kier molecular flexibility index (Phi) is 8.37. The minimum absolute atomic E-state index is 0.0314. The number of halogens is 3. The largest absolute Gasteiger partial charge is 0.452 e. The Labute approximate surface area is 195 Å². The fourth-order valence-electron chi connectivity index (χ4n) is 3.09.